The second-order valence-corrected chi connectivity index (χ2v) is 5.45. The van der Waals surface area contributed by atoms with Crippen LogP contribution in [0.2, 0.25) is 0 Å². The summed E-state index contributed by atoms with van der Waals surface area (Å²) in [6.45, 7) is 2.53. The Morgan fingerprint density at radius 3 is 2.42 bits per heavy atom. The first-order valence-corrected chi connectivity index (χ1v) is 7.94. The monoisotopic (exact) mass is 328 g/mol. The molecule has 0 heterocycles. The van der Waals surface area contributed by atoms with Crippen LogP contribution < -0.4 is 20.1 Å². The number of amides is 1. The van der Waals surface area contributed by atoms with Crippen molar-refractivity contribution in [1.29, 1.82) is 0 Å². The van der Waals surface area contributed by atoms with Crippen LogP contribution in [0.1, 0.15) is 24.9 Å². The molecule has 0 saturated carbocycles. The van der Waals surface area contributed by atoms with Crippen molar-refractivity contribution < 1.29 is 14.3 Å². The van der Waals surface area contributed by atoms with Crippen LogP contribution in [0.3, 0.4) is 0 Å². The number of rotatable bonds is 8. The van der Waals surface area contributed by atoms with E-state index in [0.717, 1.165) is 11.3 Å². The van der Waals surface area contributed by atoms with Gasteiger partial charge in [0.15, 0.2) is 11.5 Å². The molecular formula is C19H24N2O3. The number of ether oxygens (including phenoxy) is 2. The molecule has 0 fully saturated rings. The Morgan fingerprint density at radius 2 is 1.75 bits per heavy atom. The Hall–Kier alpha value is -2.69. The topological polar surface area (TPSA) is 59.6 Å². The average Bonchev–Trinajstić information content (AvgIpc) is 2.62. The SMILES string of the molecule is COc1ccc(NCCC(=O)NC(C)c2ccccc2)cc1OC. The quantitative estimate of drug-likeness (QED) is 0.780. The van der Waals surface area contributed by atoms with Crippen molar-refractivity contribution in [3.8, 4) is 11.5 Å². The molecule has 2 aromatic rings. The van der Waals surface area contributed by atoms with Gasteiger partial charge in [0.05, 0.1) is 20.3 Å². The number of benzene rings is 2. The molecule has 0 aliphatic heterocycles. The van der Waals surface area contributed by atoms with Gasteiger partial charge in [0.2, 0.25) is 5.91 Å². The van der Waals surface area contributed by atoms with Gasteiger partial charge in [-0.25, -0.2) is 0 Å². The Bertz CT molecular complexity index is 659. The number of methoxy groups -OCH3 is 2. The summed E-state index contributed by atoms with van der Waals surface area (Å²) in [5.74, 6) is 1.35. The molecule has 128 valence electrons. The van der Waals surface area contributed by atoms with E-state index >= 15 is 0 Å². The summed E-state index contributed by atoms with van der Waals surface area (Å²) in [5.41, 5.74) is 1.98. The minimum absolute atomic E-state index is 0.000203. The molecule has 0 bridgehead atoms. The lowest BCUT2D eigenvalue weighted by molar-refractivity contribution is -0.121. The van der Waals surface area contributed by atoms with Crippen molar-refractivity contribution >= 4 is 11.6 Å². The molecule has 0 aromatic heterocycles. The highest BCUT2D eigenvalue weighted by Crippen LogP contribution is 2.29. The maximum absolute atomic E-state index is 12.0. The molecule has 0 aliphatic rings. The first-order valence-electron chi connectivity index (χ1n) is 7.94. The van der Waals surface area contributed by atoms with E-state index < -0.39 is 0 Å². The van der Waals surface area contributed by atoms with Crippen LogP contribution >= 0.6 is 0 Å². The highest BCUT2D eigenvalue weighted by molar-refractivity contribution is 5.77. The maximum Gasteiger partial charge on any atom is 0.222 e. The van der Waals surface area contributed by atoms with Gasteiger partial charge in [-0.15, -0.1) is 0 Å². The summed E-state index contributed by atoms with van der Waals surface area (Å²) in [7, 11) is 3.20. The maximum atomic E-state index is 12.0. The largest absolute Gasteiger partial charge is 0.493 e. The van der Waals surface area contributed by atoms with Gasteiger partial charge < -0.3 is 20.1 Å². The zero-order chi connectivity index (χ0) is 17.4. The van der Waals surface area contributed by atoms with Gasteiger partial charge in [-0.2, -0.15) is 0 Å². The van der Waals surface area contributed by atoms with Crippen molar-refractivity contribution in [3.05, 3.63) is 54.1 Å². The van der Waals surface area contributed by atoms with Gasteiger partial charge in [-0.3, -0.25) is 4.79 Å². The van der Waals surface area contributed by atoms with Crippen LogP contribution in [0, 0.1) is 0 Å². The number of hydrogen-bond donors (Lipinski definition) is 2. The van der Waals surface area contributed by atoms with Crippen LogP contribution in [0.25, 0.3) is 0 Å². The van der Waals surface area contributed by atoms with E-state index in [-0.39, 0.29) is 11.9 Å². The van der Waals surface area contributed by atoms with Gasteiger partial charge in [0.25, 0.3) is 0 Å². The van der Waals surface area contributed by atoms with E-state index in [9.17, 15) is 4.79 Å². The fourth-order valence-electron chi connectivity index (χ4n) is 2.41. The number of nitrogens with one attached hydrogen (secondary N) is 2. The van der Waals surface area contributed by atoms with Crippen molar-refractivity contribution in [3.63, 3.8) is 0 Å². The molecule has 1 unspecified atom stereocenters. The molecule has 1 atom stereocenters. The van der Waals surface area contributed by atoms with Gasteiger partial charge in [0, 0.05) is 24.7 Å². The van der Waals surface area contributed by atoms with Crippen molar-refractivity contribution in [2.45, 2.75) is 19.4 Å². The Balaban J connectivity index is 1.80. The average molecular weight is 328 g/mol. The Labute approximate surface area is 143 Å². The van der Waals surface area contributed by atoms with Crippen LogP contribution in [-0.4, -0.2) is 26.7 Å². The lowest BCUT2D eigenvalue weighted by Gasteiger charge is -2.15. The summed E-state index contributed by atoms with van der Waals surface area (Å²) >= 11 is 0. The molecule has 0 aliphatic carbocycles. The second-order valence-electron chi connectivity index (χ2n) is 5.45. The molecule has 0 radical (unpaired) electrons. The van der Waals surface area contributed by atoms with Crippen LogP contribution in [-0.2, 0) is 4.79 Å². The van der Waals surface area contributed by atoms with Gasteiger partial charge in [0.1, 0.15) is 0 Å². The molecule has 0 spiro atoms. The number of hydrogen-bond acceptors (Lipinski definition) is 4. The summed E-state index contributed by atoms with van der Waals surface area (Å²) < 4.78 is 10.5. The van der Waals surface area contributed by atoms with E-state index in [2.05, 4.69) is 10.6 Å². The lowest BCUT2D eigenvalue weighted by Crippen LogP contribution is -2.28. The highest BCUT2D eigenvalue weighted by Gasteiger charge is 2.09. The summed E-state index contributed by atoms with van der Waals surface area (Å²) in [4.78, 5) is 12.0. The Kier molecular flexibility index (Phi) is 6.49. The van der Waals surface area contributed by atoms with Crippen LogP contribution in [0.4, 0.5) is 5.69 Å². The predicted molar refractivity (Wildman–Crippen MR) is 95.7 cm³/mol. The molecule has 5 heteroatoms. The van der Waals surface area contributed by atoms with Crippen molar-refractivity contribution in [2.75, 3.05) is 26.1 Å². The van der Waals surface area contributed by atoms with Crippen LogP contribution in [0.15, 0.2) is 48.5 Å². The van der Waals surface area contributed by atoms with Crippen molar-refractivity contribution in [2.24, 2.45) is 0 Å². The van der Waals surface area contributed by atoms with E-state index in [1.165, 1.54) is 0 Å². The Morgan fingerprint density at radius 1 is 1.04 bits per heavy atom. The molecule has 5 nitrogen and oxygen atoms in total. The lowest BCUT2D eigenvalue weighted by atomic mass is 10.1. The molecule has 0 saturated heterocycles. The third-order valence-electron chi connectivity index (χ3n) is 3.74. The fourth-order valence-corrected chi connectivity index (χ4v) is 2.41. The highest BCUT2D eigenvalue weighted by atomic mass is 16.5. The second kappa shape index (κ2) is 8.82. The minimum atomic E-state index is -0.000203. The molecule has 2 N–H and O–H groups in total. The third-order valence-corrected chi connectivity index (χ3v) is 3.74. The molecular weight excluding hydrogens is 304 g/mol. The minimum Gasteiger partial charge on any atom is -0.493 e. The van der Waals surface area contributed by atoms with Gasteiger partial charge in [-0.1, -0.05) is 30.3 Å². The molecule has 24 heavy (non-hydrogen) atoms. The number of carbonyl (C=O) groups excluding carboxylic acids is 1. The fraction of sp³-hybridized carbons (Fsp3) is 0.316. The van der Waals surface area contributed by atoms with Gasteiger partial charge in [-0.05, 0) is 24.6 Å². The van der Waals surface area contributed by atoms with Crippen LogP contribution in [0.5, 0.6) is 11.5 Å². The summed E-state index contributed by atoms with van der Waals surface area (Å²) in [6, 6.07) is 15.5. The van der Waals surface area contributed by atoms with E-state index in [0.29, 0.717) is 24.5 Å². The smallest absolute Gasteiger partial charge is 0.222 e. The summed E-state index contributed by atoms with van der Waals surface area (Å²) in [5, 5.41) is 6.22. The van der Waals surface area contributed by atoms with E-state index in [1.807, 2.05) is 55.5 Å². The molecule has 2 aromatic carbocycles. The normalized spacial score (nSPS) is 11.5. The van der Waals surface area contributed by atoms with E-state index in [4.69, 9.17) is 9.47 Å². The van der Waals surface area contributed by atoms with E-state index in [1.54, 1.807) is 14.2 Å². The first-order chi connectivity index (χ1) is 11.6. The number of anilines is 1. The summed E-state index contributed by atoms with van der Waals surface area (Å²) in [6.07, 6.45) is 0.394. The molecule has 1 amide bonds. The predicted octanol–water partition coefficient (Wildman–Crippen LogP) is 3.38. The molecule has 2 rings (SSSR count). The third kappa shape index (κ3) is 4.91. The zero-order valence-corrected chi connectivity index (χ0v) is 14.3. The van der Waals surface area contributed by atoms with Gasteiger partial charge >= 0.3 is 0 Å². The number of carbonyl (C=O) groups is 1. The zero-order valence-electron chi connectivity index (χ0n) is 14.3. The van der Waals surface area contributed by atoms with Crippen molar-refractivity contribution in [1.82, 2.24) is 5.32 Å². The standard InChI is InChI=1S/C19H24N2O3/c1-14(15-7-5-4-6-8-15)21-19(22)11-12-20-16-9-10-17(23-2)18(13-16)24-3/h4-10,13-14,20H,11-12H2,1-3H3,(H,21,22). The first kappa shape index (κ1) is 17.7.